The first-order valence-electron chi connectivity index (χ1n) is 6.65. The van der Waals surface area contributed by atoms with Crippen LogP contribution >= 0.6 is 11.9 Å². The second-order valence-corrected chi connectivity index (χ2v) is 5.41. The van der Waals surface area contributed by atoms with Gasteiger partial charge in [-0.15, -0.1) is 0 Å². The van der Waals surface area contributed by atoms with Crippen LogP contribution in [0.15, 0.2) is 41.7 Å². The van der Waals surface area contributed by atoms with Crippen LogP contribution < -0.4 is 15.0 Å². The lowest BCUT2D eigenvalue weighted by Crippen LogP contribution is -2.18. The zero-order chi connectivity index (χ0) is 15.7. The number of aryl methyl sites for hydroxylation is 1. The summed E-state index contributed by atoms with van der Waals surface area (Å²) in [5.41, 5.74) is 3.22. The van der Waals surface area contributed by atoms with E-state index in [0.29, 0.717) is 5.52 Å². The Labute approximate surface area is 131 Å². The van der Waals surface area contributed by atoms with Crippen LogP contribution in [0.4, 0.5) is 5.69 Å². The molecule has 22 heavy (non-hydrogen) atoms. The summed E-state index contributed by atoms with van der Waals surface area (Å²) >= 11 is 1.49. The third-order valence-electron chi connectivity index (χ3n) is 3.46. The molecule has 0 amide bonds. The van der Waals surface area contributed by atoms with Crippen molar-refractivity contribution in [3.05, 3.63) is 47.3 Å². The van der Waals surface area contributed by atoms with E-state index < -0.39 is 0 Å². The molecule has 0 unspecified atom stereocenters. The van der Waals surface area contributed by atoms with E-state index in [0.717, 1.165) is 22.7 Å². The van der Waals surface area contributed by atoms with Crippen molar-refractivity contribution in [3.8, 4) is 17.0 Å². The number of nitrogens with one attached hydrogen (secondary N) is 1. The number of fused-ring (bicyclic) bond motifs is 1. The van der Waals surface area contributed by atoms with E-state index in [4.69, 9.17) is 4.74 Å². The Hall–Kier alpha value is -2.41. The van der Waals surface area contributed by atoms with Gasteiger partial charge >= 0.3 is 0 Å². The number of aromatic nitrogens is 3. The fourth-order valence-electron chi connectivity index (χ4n) is 2.40. The largest absolute Gasteiger partial charge is 0.495 e. The molecule has 0 aliphatic rings. The monoisotopic (exact) mass is 316 g/mol. The Morgan fingerprint density at radius 3 is 2.91 bits per heavy atom. The highest BCUT2D eigenvalue weighted by molar-refractivity contribution is 7.99. The van der Waals surface area contributed by atoms with Gasteiger partial charge in [0.05, 0.1) is 31.0 Å². The van der Waals surface area contributed by atoms with E-state index in [1.807, 2.05) is 30.7 Å². The Balaban J connectivity index is 2.23. The SMILES string of the molecule is COc1ccc(-c2cn(C)c(=O)c3cncn23)cc1NSC. The molecule has 1 N–H and O–H groups in total. The third kappa shape index (κ3) is 2.33. The van der Waals surface area contributed by atoms with E-state index in [1.54, 1.807) is 35.6 Å². The number of imidazole rings is 1. The van der Waals surface area contributed by atoms with Crippen LogP contribution in [0, 0.1) is 0 Å². The molecule has 3 rings (SSSR count). The van der Waals surface area contributed by atoms with Gasteiger partial charge in [-0.05, 0) is 18.2 Å². The summed E-state index contributed by atoms with van der Waals surface area (Å²) < 4.78 is 11.9. The average Bonchev–Trinajstić information content (AvgIpc) is 3.01. The fourth-order valence-corrected chi connectivity index (χ4v) is 2.78. The minimum absolute atomic E-state index is 0.0720. The van der Waals surface area contributed by atoms with Crippen LogP contribution in [0.25, 0.3) is 16.8 Å². The minimum Gasteiger partial charge on any atom is -0.495 e. The summed E-state index contributed by atoms with van der Waals surface area (Å²) in [6, 6.07) is 5.86. The van der Waals surface area contributed by atoms with Gasteiger partial charge in [-0.2, -0.15) is 0 Å². The van der Waals surface area contributed by atoms with Gasteiger partial charge in [0.25, 0.3) is 5.56 Å². The first kappa shape index (κ1) is 14.5. The maximum absolute atomic E-state index is 12.1. The Morgan fingerprint density at radius 2 is 2.18 bits per heavy atom. The highest BCUT2D eigenvalue weighted by Crippen LogP contribution is 2.31. The molecule has 114 valence electrons. The van der Waals surface area contributed by atoms with Gasteiger partial charge in [0.1, 0.15) is 11.3 Å². The molecule has 0 atom stereocenters. The third-order valence-corrected chi connectivity index (χ3v) is 3.88. The van der Waals surface area contributed by atoms with Gasteiger partial charge in [-0.1, -0.05) is 11.9 Å². The molecule has 2 heterocycles. The van der Waals surface area contributed by atoms with E-state index >= 15 is 0 Å². The van der Waals surface area contributed by atoms with Crippen molar-refractivity contribution in [1.29, 1.82) is 0 Å². The van der Waals surface area contributed by atoms with Gasteiger partial charge in [-0.25, -0.2) is 4.98 Å². The smallest absolute Gasteiger partial charge is 0.276 e. The lowest BCUT2D eigenvalue weighted by atomic mass is 10.1. The van der Waals surface area contributed by atoms with E-state index in [9.17, 15) is 4.79 Å². The zero-order valence-corrected chi connectivity index (χ0v) is 13.3. The van der Waals surface area contributed by atoms with Crippen LogP contribution in [-0.4, -0.2) is 27.3 Å². The summed E-state index contributed by atoms with van der Waals surface area (Å²) in [5.74, 6) is 0.768. The van der Waals surface area contributed by atoms with Crippen LogP contribution in [-0.2, 0) is 7.05 Å². The topological polar surface area (TPSA) is 60.6 Å². The van der Waals surface area contributed by atoms with Crippen LogP contribution in [0.5, 0.6) is 5.75 Å². The molecule has 1 aromatic carbocycles. The van der Waals surface area contributed by atoms with Gasteiger partial charge in [0.2, 0.25) is 0 Å². The van der Waals surface area contributed by atoms with Crippen molar-refractivity contribution in [3.63, 3.8) is 0 Å². The van der Waals surface area contributed by atoms with E-state index in [2.05, 4.69) is 9.71 Å². The molecule has 0 radical (unpaired) electrons. The maximum Gasteiger partial charge on any atom is 0.276 e. The molecule has 7 heteroatoms. The highest BCUT2D eigenvalue weighted by atomic mass is 32.2. The van der Waals surface area contributed by atoms with Gasteiger partial charge in [0, 0.05) is 25.1 Å². The van der Waals surface area contributed by atoms with Crippen molar-refractivity contribution in [2.24, 2.45) is 7.05 Å². The second-order valence-electron chi connectivity index (χ2n) is 4.80. The molecule has 0 bridgehead atoms. The summed E-state index contributed by atoms with van der Waals surface area (Å²) in [6.07, 6.45) is 6.99. The van der Waals surface area contributed by atoms with Crippen LogP contribution in [0.3, 0.4) is 0 Å². The molecular weight excluding hydrogens is 300 g/mol. The standard InChI is InChI=1S/C15H16N4O2S/c1-18-8-13(19-9-16-7-12(19)15(18)20)10-4-5-14(21-2)11(6-10)17-22-3/h4-9,17H,1-3H3. The predicted octanol–water partition coefficient (Wildman–Crippen LogP) is 2.40. The lowest BCUT2D eigenvalue weighted by molar-refractivity contribution is 0.417. The summed E-state index contributed by atoms with van der Waals surface area (Å²) in [6.45, 7) is 0. The number of benzene rings is 1. The van der Waals surface area contributed by atoms with Crippen molar-refractivity contribution in [1.82, 2.24) is 14.0 Å². The number of methoxy groups -OCH3 is 1. The van der Waals surface area contributed by atoms with Crippen molar-refractivity contribution in [2.45, 2.75) is 0 Å². The first-order chi connectivity index (χ1) is 10.7. The average molecular weight is 316 g/mol. The van der Waals surface area contributed by atoms with Gasteiger partial charge in [-0.3, -0.25) is 9.20 Å². The molecule has 0 saturated heterocycles. The zero-order valence-electron chi connectivity index (χ0n) is 12.5. The Bertz CT molecular complexity index is 885. The number of hydrogen-bond acceptors (Lipinski definition) is 5. The number of anilines is 1. The number of rotatable bonds is 4. The summed E-state index contributed by atoms with van der Waals surface area (Å²) in [5, 5.41) is 0. The first-order valence-corrected chi connectivity index (χ1v) is 7.87. The fraction of sp³-hybridized carbons (Fsp3) is 0.200. The Kier molecular flexibility index (Phi) is 3.81. The summed E-state index contributed by atoms with van der Waals surface area (Å²) in [4.78, 5) is 16.2. The molecular formula is C15H16N4O2S. The summed E-state index contributed by atoms with van der Waals surface area (Å²) in [7, 11) is 3.38. The number of hydrogen-bond donors (Lipinski definition) is 1. The van der Waals surface area contributed by atoms with Crippen molar-refractivity contribution < 1.29 is 4.74 Å². The molecule has 0 aliphatic carbocycles. The predicted molar refractivity (Wildman–Crippen MR) is 89.6 cm³/mol. The Morgan fingerprint density at radius 1 is 1.36 bits per heavy atom. The normalized spacial score (nSPS) is 10.9. The molecule has 6 nitrogen and oxygen atoms in total. The van der Waals surface area contributed by atoms with E-state index in [-0.39, 0.29) is 5.56 Å². The number of nitrogens with zero attached hydrogens (tertiary/aromatic N) is 3. The molecule has 2 aromatic heterocycles. The molecule has 0 fully saturated rings. The second kappa shape index (κ2) is 5.76. The molecule has 0 saturated carbocycles. The molecule has 3 aromatic rings. The van der Waals surface area contributed by atoms with E-state index in [1.165, 1.54) is 11.9 Å². The molecule has 0 aliphatic heterocycles. The van der Waals surface area contributed by atoms with Gasteiger partial charge < -0.3 is 14.0 Å². The van der Waals surface area contributed by atoms with Crippen molar-refractivity contribution >= 4 is 23.2 Å². The van der Waals surface area contributed by atoms with Crippen molar-refractivity contribution in [2.75, 3.05) is 18.1 Å². The highest BCUT2D eigenvalue weighted by Gasteiger charge is 2.11. The van der Waals surface area contributed by atoms with Gasteiger partial charge in [0.15, 0.2) is 0 Å². The quantitative estimate of drug-likeness (QED) is 0.749. The maximum atomic E-state index is 12.1. The minimum atomic E-state index is -0.0720. The van der Waals surface area contributed by atoms with Crippen LogP contribution in [0.1, 0.15) is 0 Å². The number of ether oxygens (including phenoxy) is 1. The lowest BCUT2D eigenvalue weighted by Gasteiger charge is -2.13. The molecule has 0 spiro atoms. The van der Waals surface area contributed by atoms with Crippen LogP contribution in [0.2, 0.25) is 0 Å².